The summed E-state index contributed by atoms with van der Waals surface area (Å²) in [7, 11) is 0. The Morgan fingerprint density at radius 1 is 0.938 bits per heavy atom. The Labute approximate surface area is 190 Å². The predicted molar refractivity (Wildman–Crippen MR) is 115 cm³/mol. The molecule has 13 nitrogen and oxygen atoms in total. The first-order valence-electron chi connectivity index (χ1n) is 9.84. The van der Waals surface area contributed by atoms with E-state index in [1.807, 2.05) is 0 Å². The molecule has 5 atom stereocenters. The number of primary amides is 1. The van der Waals surface area contributed by atoms with Gasteiger partial charge in [0.1, 0.15) is 18.1 Å². The molecule has 0 fully saturated rings. The van der Waals surface area contributed by atoms with Crippen LogP contribution in [0.3, 0.4) is 0 Å². The molecule has 32 heavy (non-hydrogen) atoms. The van der Waals surface area contributed by atoms with E-state index in [-0.39, 0.29) is 18.1 Å². The minimum absolute atomic E-state index is 0.203. The molecule has 0 bridgehead atoms. The number of nitrogens with two attached hydrogens (primary N) is 2. The van der Waals surface area contributed by atoms with Gasteiger partial charge in [0.25, 0.3) is 0 Å². The SMILES string of the molecule is CCC(C)C(NC(=O)C(CS)NC(=O)C(CCC(=O)O)NC(=O)C(N)CC(N)=O)C(=O)O. The highest BCUT2D eigenvalue weighted by Gasteiger charge is 2.31. The van der Waals surface area contributed by atoms with Gasteiger partial charge in [0, 0.05) is 12.2 Å². The summed E-state index contributed by atoms with van der Waals surface area (Å²) in [5.41, 5.74) is 10.5. The molecule has 0 heterocycles. The summed E-state index contributed by atoms with van der Waals surface area (Å²) in [6.07, 6.45) is -0.838. The number of hydrogen-bond donors (Lipinski definition) is 8. The fourth-order valence-corrected chi connectivity index (χ4v) is 2.79. The van der Waals surface area contributed by atoms with Gasteiger partial charge in [-0.05, 0) is 12.3 Å². The summed E-state index contributed by atoms with van der Waals surface area (Å²) in [4.78, 5) is 70.5. The lowest BCUT2D eigenvalue weighted by atomic mass is 9.99. The van der Waals surface area contributed by atoms with E-state index < -0.39 is 72.6 Å². The van der Waals surface area contributed by atoms with Crippen LogP contribution in [0.4, 0.5) is 0 Å². The van der Waals surface area contributed by atoms with Crippen molar-refractivity contribution in [2.24, 2.45) is 17.4 Å². The maximum Gasteiger partial charge on any atom is 0.326 e. The second-order valence-corrected chi connectivity index (χ2v) is 7.59. The highest BCUT2D eigenvalue weighted by atomic mass is 32.1. The standard InChI is InChI=1S/C18H31N5O8S/c1-3-8(2)14(18(30)31)23-17(29)11(7-32)22-16(28)10(4-5-13(25)26)21-15(27)9(19)6-12(20)24/h8-11,14,32H,3-7,19H2,1-2H3,(H2,20,24)(H,21,27)(H,22,28)(H,23,29)(H,25,26)(H,30,31). The molecule has 0 aliphatic carbocycles. The van der Waals surface area contributed by atoms with Crippen LogP contribution in [0.25, 0.3) is 0 Å². The van der Waals surface area contributed by atoms with E-state index in [0.29, 0.717) is 6.42 Å². The van der Waals surface area contributed by atoms with Crippen molar-refractivity contribution >= 4 is 48.2 Å². The van der Waals surface area contributed by atoms with Crippen LogP contribution in [0.5, 0.6) is 0 Å². The van der Waals surface area contributed by atoms with Gasteiger partial charge < -0.3 is 37.6 Å². The number of carbonyl (C=O) groups is 6. The summed E-state index contributed by atoms with van der Waals surface area (Å²) in [6.45, 7) is 3.39. The first-order valence-corrected chi connectivity index (χ1v) is 10.5. The van der Waals surface area contributed by atoms with E-state index in [1.54, 1.807) is 13.8 Å². The van der Waals surface area contributed by atoms with Crippen LogP contribution in [-0.2, 0) is 28.8 Å². The van der Waals surface area contributed by atoms with Crippen molar-refractivity contribution in [1.29, 1.82) is 0 Å². The largest absolute Gasteiger partial charge is 0.481 e. The molecule has 0 aromatic heterocycles. The summed E-state index contributed by atoms with van der Waals surface area (Å²) in [5.74, 6) is -6.55. The van der Waals surface area contributed by atoms with Crippen LogP contribution in [-0.4, -0.2) is 75.7 Å². The Morgan fingerprint density at radius 2 is 1.47 bits per heavy atom. The number of amides is 4. The number of rotatable bonds is 15. The fraction of sp³-hybridized carbons (Fsp3) is 0.667. The van der Waals surface area contributed by atoms with Crippen molar-refractivity contribution in [3.8, 4) is 0 Å². The molecule has 0 aliphatic heterocycles. The fourth-order valence-electron chi connectivity index (χ4n) is 2.53. The Balaban J connectivity index is 5.36. The Morgan fingerprint density at radius 3 is 1.91 bits per heavy atom. The van der Waals surface area contributed by atoms with Crippen molar-refractivity contribution < 1.29 is 39.0 Å². The van der Waals surface area contributed by atoms with E-state index in [2.05, 4.69) is 28.6 Å². The van der Waals surface area contributed by atoms with Crippen LogP contribution in [0.15, 0.2) is 0 Å². The van der Waals surface area contributed by atoms with Gasteiger partial charge in [-0.25, -0.2) is 4.79 Å². The molecule has 0 aromatic rings. The zero-order valence-corrected chi connectivity index (χ0v) is 18.8. The van der Waals surface area contributed by atoms with Crippen molar-refractivity contribution in [1.82, 2.24) is 16.0 Å². The third-order valence-corrected chi connectivity index (χ3v) is 5.00. The Hall–Kier alpha value is -2.87. The first-order chi connectivity index (χ1) is 14.8. The lowest BCUT2D eigenvalue weighted by Crippen LogP contribution is -2.58. The molecule has 14 heteroatoms. The normalized spacial score (nSPS) is 15.4. The van der Waals surface area contributed by atoms with Gasteiger partial charge in [0.15, 0.2) is 0 Å². The molecule has 9 N–H and O–H groups in total. The molecule has 182 valence electrons. The minimum atomic E-state index is -1.39. The number of thiol groups is 1. The van der Waals surface area contributed by atoms with E-state index in [1.165, 1.54) is 0 Å². The monoisotopic (exact) mass is 477 g/mol. The first kappa shape index (κ1) is 29.1. The quantitative estimate of drug-likeness (QED) is 0.117. The second-order valence-electron chi connectivity index (χ2n) is 7.22. The van der Waals surface area contributed by atoms with Crippen LogP contribution in [0, 0.1) is 5.92 Å². The number of carboxylic acid groups (broad SMARTS) is 2. The molecule has 0 aliphatic rings. The van der Waals surface area contributed by atoms with Crippen molar-refractivity contribution in [2.45, 2.75) is 63.7 Å². The van der Waals surface area contributed by atoms with E-state index >= 15 is 0 Å². The predicted octanol–water partition coefficient (Wildman–Crippen LogP) is -2.43. The van der Waals surface area contributed by atoms with Crippen LogP contribution >= 0.6 is 12.6 Å². The molecule has 0 radical (unpaired) electrons. The molecular formula is C18H31N5O8S. The third kappa shape index (κ3) is 10.4. The second kappa shape index (κ2) is 14.2. The highest BCUT2D eigenvalue weighted by molar-refractivity contribution is 7.80. The topological polar surface area (TPSA) is 231 Å². The molecule has 0 rings (SSSR count). The van der Waals surface area contributed by atoms with Gasteiger partial charge in [-0.1, -0.05) is 20.3 Å². The summed E-state index contributed by atoms with van der Waals surface area (Å²) >= 11 is 4.00. The molecule has 4 amide bonds. The number of hydrogen-bond acceptors (Lipinski definition) is 8. The van der Waals surface area contributed by atoms with E-state index in [9.17, 15) is 33.9 Å². The van der Waals surface area contributed by atoms with E-state index in [0.717, 1.165) is 0 Å². The Kier molecular flexibility index (Phi) is 13.0. The minimum Gasteiger partial charge on any atom is -0.481 e. The number of nitrogens with one attached hydrogen (secondary N) is 3. The van der Waals surface area contributed by atoms with Gasteiger partial charge in [0.05, 0.1) is 12.5 Å². The molecule has 0 saturated carbocycles. The third-order valence-electron chi connectivity index (χ3n) is 4.63. The summed E-state index contributed by atoms with van der Waals surface area (Å²) < 4.78 is 0. The maximum absolute atomic E-state index is 12.6. The van der Waals surface area contributed by atoms with Gasteiger partial charge in [-0.3, -0.25) is 24.0 Å². The van der Waals surface area contributed by atoms with Crippen LogP contribution in [0.1, 0.15) is 39.5 Å². The van der Waals surface area contributed by atoms with Crippen molar-refractivity contribution in [2.75, 3.05) is 5.75 Å². The maximum atomic E-state index is 12.6. The smallest absolute Gasteiger partial charge is 0.326 e. The summed E-state index contributed by atoms with van der Waals surface area (Å²) in [6, 6.07) is -5.21. The molecule has 0 saturated heterocycles. The highest BCUT2D eigenvalue weighted by Crippen LogP contribution is 2.09. The van der Waals surface area contributed by atoms with Gasteiger partial charge in [0.2, 0.25) is 23.6 Å². The van der Waals surface area contributed by atoms with Gasteiger partial charge in [-0.2, -0.15) is 12.6 Å². The molecule has 0 aromatic carbocycles. The van der Waals surface area contributed by atoms with E-state index in [4.69, 9.17) is 16.6 Å². The van der Waals surface area contributed by atoms with Crippen molar-refractivity contribution in [3.63, 3.8) is 0 Å². The zero-order valence-electron chi connectivity index (χ0n) is 17.9. The molecule has 5 unspecified atom stereocenters. The van der Waals surface area contributed by atoms with Crippen LogP contribution < -0.4 is 27.4 Å². The van der Waals surface area contributed by atoms with Gasteiger partial charge >= 0.3 is 11.9 Å². The molecular weight excluding hydrogens is 446 g/mol. The number of aliphatic carboxylic acids is 2. The van der Waals surface area contributed by atoms with Crippen molar-refractivity contribution in [3.05, 3.63) is 0 Å². The average Bonchev–Trinajstić information content (AvgIpc) is 2.70. The molecule has 0 spiro atoms. The Bertz CT molecular complexity index is 719. The summed E-state index contributed by atoms with van der Waals surface area (Å²) in [5, 5.41) is 25.1. The van der Waals surface area contributed by atoms with Crippen LogP contribution in [0.2, 0.25) is 0 Å². The lowest BCUT2D eigenvalue weighted by Gasteiger charge is -2.25. The lowest BCUT2D eigenvalue weighted by molar-refractivity contribution is -0.143. The van der Waals surface area contributed by atoms with Gasteiger partial charge in [-0.15, -0.1) is 0 Å². The number of carboxylic acids is 2. The number of carbonyl (C=O) groups excluding carboxylic acids is 4. The average molecular weight is 478 g/mol. The zero-order chi connectivity index (χ0) is 25.0.